The van der Waals surface area contributed by atoms with Crippen LogP contribution in [0.25, 0.3) is 16.7 Å². The van der Waals surface area contributed by atoms with E-state index in [1.807, 2.05) is 57.2 Å². The van der Waals surface area contributed by atoms with E-state index in [4.69, 9.17) is 16.3 Å². The van der Waals surface area contributed by atoms with Crippen molar-refractivity contribution in [3.05, 3.63) is 74.7 Å². The zero-order chi connectivity index (χ0) is 22.1. The maximum Gasteiger partial charge on any atom is 0.262 e. The average Bonchev–Trinajstić information content (AvgIpc) is 3.10. The van der Waals surface area contributed by atoms with Crippen LogP contribution >= 0.6 is 27.5 Å². The van der Waals surface area contributed by atoms with Crippen LogP contribution < -0.4 is 10.1 Å². The topological polar surface area (TPSA) is 69.0 Å². The molecule has 4 aromatic rings. The summed E-state index contributed by atoms with van der Waals surface area (Å²) in [5.41, 5.74) is 5.86. The van der Waals surface area contributed by atoms with E-state index in [-0.39, 0.29) is 12.5 Å². The van der Waals surface area contributed by atoms with Gasteiger partial charge in [0.25, 0.3) is 5.91 Å². The highest BCUT2D eigenvalue weighted by molar-refractivity contribution is 9.10. The number of ether oxygens (including phenoxy) is 1. The third-order valence-electron chi connectivity index (χ3n) is 4.78. The van der Waals surface area contributed by atoms with Gasteiger partial charge in [-0.25, -0.2) is 0 Å². The van der Waals surface area contributed by atoms with Gasteiger partial charge in [-0.15, -0.1) is 10.2 Å². The Morgan fingerprint density at radius 3 is 2.39 bits per heavy atom. The number of fused-ring (bicyclic) bond motifs is 1. The molecular formula is C23H20BrClN4O2. The number of nitrogens with one attached hydrogen (secondary N) is 1. The van der Waals surface area contributed by atoms with E-state index in [2.05, 4.69) is 31.4 Å². The smallest absolute Gasteiger partial charge is 0.262 e. The van der Waals surface area contributed by atoms with Crippen molar-refractivity contribution in [2.75, 3.05) is 11.9 Å². The standard InChI is InChI=1S/C23H20BrClN4O2/c1-13-8-15(3)23(18(24)9-13)31-12-22(30)26-19-11-21-20(10-14(19)2)27-29(28-21)17-6-4-16(25)5-7-17/h4-11H,12H2,1-3H3,(H,26,30). The molecule has 0 bridgehead atoms. The van der Waals surface area contributed by atoms with Crippen molar-refractivity contribution < 1.29 is 9.53 Å². The number of carbonyl (C=O) groups is 1. The van der Waals surface area contributed by atoms with Crippen molar-refractivity contribution in [3.8, 4) is 11.4 Å². The van der Waals surface area contributed by atoms with Gasteiger partial charge in [-0.2, -0.15) is 4.80 Å². The largest absolute Gasteiger partial charge is 0.482 e. The molecule has 0 aliphatic carbocycles. The Morgan fingerprint density at radius 1 is 1.03 bits per heavy atom. The van der Waals surface area contributed by atoms with Crippen molar-refractivity contribution >= 4 is 50.2 Å². The Balaban J connectivity index is 1.51. The summed E-state index contributed by atoms with van der Waals surface area (Å²) in [6.45, 7) is 5.78. The number of hydrogen-bond acceptors (Lipinski definition) is 4. The number of aryl methyl sites for hydroxylation is 3. The first-order chi connectivity index (χ1) is 14.8. The average molecular weight is 500 g/mol. The molecule has 0 saturated heterocycles. The minimum atomic E-state index is -0.251. The molecule has 0 fully saturated rings. The monoisotopic (exact) mass is 498 g/mol. The van der Waals surface area contributed by atoms with E-state index in [1.54, 1.807) is 16.9 Å². The van der Waals surface area contributed by atoms with Crippen LogP contribution in [0.3, 0.4) is 0 Å². The van der Waals surface area contributed by atoms with Gasteiger partial charge in [-0.05, 0) is 95.9 Å². The fourth-order valence-electron chi connectivity index (χ4n) is 3.30. The molecule has 0 aliphatic rings. The highest BCUT2D eigenvalue weighted by atomic mass is 79.9. The molecule has 1 amide bonds. The van der Waals surface area contributed by atoms with E-state index < -0.39 is 0 Å². The zero-order valence-electron chi connectivity index (χ0n) is 17.2. The molecule has 1 heterocycles. The predicted octanol–water partition coefficient (Wildman–Crippen LogP) is 5.78. The van der Waals surface area contributed by atoms with Crippen LogP contribution in [0, 0.1) is 20.8 Å². The summed E-state index contributed by atoms with van der Waals surface area (Å²) in [7, 11) is 0. The summed E-state index contributed by atoms with van der Waals surface area (Å²) in [5, 5.41) is 12.6. The first-order valence-electron chi connectivity index (χ1n) is 9.63. The third kappa shape index (κ3) is 4.73. The quantitative estimate of drug-likeness (QED) is 0.378. The van der Waals surface area contributed by atoms with Crippen molar-refractivity contribution in [2.45, 2.75) is 20.8 Å². The molecule has 3 aromatic carbocycles. The molecule has 4 rings (SSSR count). The predicted molar refractivity (Wildman–Crippen MR) is 126 cm³/mol. The molecule has 31 heavy (non-hydrogen) atoms. The summed E-state index contributed by atoms with van der Waals surface area (Å²) in [4.78, 5) is 14.1. The van der Waals surface area contributed by atoms with Crippen LogP contribution in [-0.4, -0.2) is 27.5 Å². The minimum Gasteiger partial charge on any atom is -0.482 e. The molecule has 0 saturated carbocycles. The van der Waals surface area contributed by atoms with Crippen molar-refractivity contribution in [1.82, 2.24) is 15.0 Å². The first-order valence-corrected chi connectivity index (χ1v) is 10.8. The number of halogens is 2. The molecule has 0 spiro atoms. The second-order valence-electron chi connectivity index (χ2n) is 7.35. The summed E-state index contributed by atoms with van der Waals surface area (Å²) < 4.78 is 6.58. The number of nitrogens with zero attached hydrogens (tertiary/aromatic N) is 3. The van der Waals surface area contributed by atoms with Crippen LogP contribution in [0.1, 0.15) is 16.7 Å². The molecule has 1 aromatic heterocycles. The second-order valence-corrected chi connectivity index (χ2v) is 8.64. The van der Waals surface area contributed by atoms with Gasteiger partial charge in [0.05, 0.1) is 10.2 Å². The Morgan fingerprint density at radius 2 is 1.71 bits per heavy atom. The van der Waals surface area contributed by atoms with Crippen molar-refractivity contribution in [1.29, 1.82) is 0 Å². The lowest BCUT2D eigenvalue weighted by Crippen LogP contribution is -2.21. The summed E-state index contributed by atoms with van der Waals surface area (Å²) in [6, 6.07) is 15.0. The van der Waals surface area contributed by atoms with E-state index in [0.29, 0.717) is 22.0 Å². The van der Waals surface area contributed by atoms with E-state index in [9.17, 15) is 4.79 Å². The Hall–Kier alpha value is -2.90. The summed E-state index contributed by atoms with van der Waals surface area (Å²) >= 11 is 9.45. The Kier molecular flexibility index (Phi) is 5.98. The molecule has 0 unspecified atom stereocenters. The first kappa shape index (κ1) is 21.3. The van der Waals surface area contributed by atoms with Gasteiger partial charge in [0.2, 0.25) is 0 Å². The Labute approximate surface area is 193 Å². The summed E-state index contributed by atoms with van der Waals surface area (Å²) in [6.07, 6.45) is 0. The molecule has 0 atom stereocenters. The number of rotatable bonds is 5. The lowest BCUT2D eigenvalue weighted by molar-refractivity contribution is -0.118. The van der Waals surface area contributed by atoms with Crippen molar-refractivity contribution in [3.63, 3.8) is 0 Å². The van der Waals surface area contributed by atoms with E-state index in [1.165, 1.54) is 0 Å². The second kappa shape index (κ2) is 8.69. The fraction of sp³-hybridized carbons (Fsp3) is 0.174. The van der Waals surface area contributed by atoms with Crippen molar-refractivity contribution in [2.24, 2.45) is 0 Å². The van der Waals surface area contributed by atoms with Crippen LogP contribution in [0.15, 0.2) is 53.0 Å². The van der Waals surface area contributed by atoms with Crippen LogP contribution in [0.4, 0.5) is 5.69 Å². The molecule has 1 N–H and O–H groups in total. The lowest BCUT2D eigenvalue weighted by atomic mass is 10.1. The number of benzene rings is 3. The summed E-state index contributed by atoms with van der Waals surface area (Å²) in [5.74, 6) is 0.415. The van der Waals surface area contributed by atoms with Gasteiger partial charge in [-0.3, -0.25) is 4.79 Å². The fourth-order valence-corrected chi connectivity index (χ4v) is 4.22. The van der Waals surface area contributed by atoms with Gasteiger partial charge in [0.1, 0.15) is 16.8 Å². The normalized spacial score (nSPS) is 11.0. The van der Waals surface area contributed by atoms with Gasteiger partial charge in [-0.1, -0.05) is 17.7 Å². The Bertz CT molecular complexity index is 1260. The van der Waals surface area contributed by atoms with Crippen LogP contribution in [-0.2, 0) is 4.79 Å². The van der Waals surface area contributed by atoms with Gasteiger partial charge in [0.15, 0.2) is 6.61 Å². The zero-order valence-corrected chi connectivity index (χ0v) is 19.6. The van der Waals surface area contributed by atoms with Gasteiger partial charge in [0, 0.05) is 10.7 Å². The number of hydrogen-bond donors (Lipinski definition) is 1. The molecule has 8 heteroatoms. The molecule has 158 valence electrons. The lowest BCUT2D eigenvalue weighted by Gasteiger charge is -2.13. The third-order valence-corrected chi connectivity index (χ3v) is 5.62. The SMILES string of the molecule is Cc1cc(C)c(OCC(=O)Nc2cc3nn(-c4ccc(Cl)cc4)nc3cc2C)c(Br)c1. The van der Waals surface area contributed by atoms with Gasteiger partial charge >= 0.3 is 0 Å². The number of anilines is 1. The van der Waals surface area contributed by atoms with Gasteiger partial charge < -0.3 is 10.1 Å². The molecule has 0 radical (unpaired) electrons. The maximum absolute atomic E-state index is 12.5. The van der Waals surface area contributed by atoms with Crippen LogP contribution in [0.5, 0.6) is 5.75 Å². The molecule has 0 aliphatic heterocycles. The number of aromatic nitrogens is 3. The number of amides is 1. The van der Waals surface area contributed by atoms with Crippen LogP contribution in [0.2, 0.25) is 5.02 Å². The molecular weight excluding hydrogens is 480 g/mol. The maximum atomic E-state index is 12.5. The highest BCUT2D eigenvalue weighted by Crippen LogP contribution is 2.30. The molecule has 6 nitrogen and oxygen atoms in total. The highest BCUT2D eigenvalue weighted by Gasteiger charge is 2.13. The number of carbonyl (C=O) groups excluding carboxylic acids is 1. The van der Waals surface area contributed by atoms with E-state index in [0.717, 1.165) is 32.4 Å². The minimum absolute atomic E-state index is 0.0998. The van der Waals surface area contributed by atoms with E-state index >= 15 is 0 Å².